The Hall–Kier alpha value is -0.990. The van der Waals surface area contributed by atoms with E-state index in [2.05, 4.69) is 5.32 Å². The molecule has 1 N–H and O–H groups in total. The van der Waals surface area contributed by atoms with E-state index in [-0.39, 0.29) is 12.1 Å². The number of carbonyl (C=O) groups excluding carboxylic acids is 1. The van der Waals surface area contributed by atoms with E-state index in [0.29, 0.717) is 0 Å². The lowest BCUT2D eigenvalue weighted by atomic mass is 10.2. The maximum Gasteiger partial charge on any atom is 0.408 e. The Morgan fingerprint density at radius 3 is 2.21 bits per heavy atom. The molecule has 0 radical (unpaired) electrons. The van der Waals surface area contributed by atoms with Crippen molar-refractivity contribution in [3.8, 4) is 0 Å². The van der Waals surface area contributed by atoms with E-state index in [4.69, 9.17) is 4.74 Å². The van der Waals surface area contributed by atoms with Crippen molar-refractivity contribution in [2.75, 3.05) is 0 Å². The largest absolute Gasteiger partial charge is 0.444 e. The van der Waals surface area contributed by atoms with Gasteiger partial charge in [0.2, 0.25) is 0 Å². The summed E-state index contributed by atoms with van der Waals surface area (Å²) in [5.74, 6) is 0. The summed E-state index contributed by atoms with van der Waals surface area (Å²) in [5, 5.41) is 2.73. The predicted molar refractivity (Wildman–Crippen MR) is 58.3 cm³/mol. The summed E-state index contributed by atoms with van der Waals surface area (Å²) in [4.78, 5) is 11.3. The van der Waals surface area contributed by atoms with Crippen LogP contribution in [0.5, 0.6) is 0 Å². The van der Waals surface area contributed by atoms with Crippen molar-refractivity contribution in [1.82, 2.24) is 5.32 Å². The third kappa shape index (κ3) is 7.65. The minimum atomic E-state index is -0.436. The fourth-order valence-electron chi connectivity index (χ4n) is 1.04. The number of allylic oxidation sites excluding steroid dienone is 1. The molecule has 0 aliphatic heterocycles. The average molecular weight is 199 g/mol. The number of ether oxygens (including phenoxy) is 1. The maximum atomic E-state index is 11.3. The van der Waals surface area contributed by atoms with E-state index in [1.165, 1.54) is 5.57 Å². The lowest BCUT2D eigenvalue weighted by Gasteiger charge is -2.21. The first-order chi connectivity index (χ1) is 6.20. The zero-order chi connectivity index (χ0) is 11.4. The number of alkyl carbamates (subject to hydrolysis) is 1. The van der Waals surface area contributed by atoms with Gasteiger partial charge in [-0.3, -0.25) is 0 Å². The molecule has 0 bridgehead atoms. The molecule has 82 valence electrons. The molecular weight excluding hydrogens is 178 g/mol. The Morgan fingerprint density at radius 2 is 1.86 bits per heavy atom. The van der Waals surface area contributed by atoms with Gasteiger partial charge in [-0.2, -0.15) is 0 Å². The van der Waals surface area contributed by atoms with Gasteiger partial charge in [0.05, 0.1) is 0 Å². The molecule has 0 aromatic carbocycles. The van der Waals surface area contributed by atoms with Gasteiger partial charge in [-0.05, 0) is 41.5 Å². The first kappa shape index (κ1) is 13.0. The van der Waals surface area contributed by atoms with Gasteiger partial charge in [0.25, 0.3) is 0 Å². The number of hydrogen-bond donors (Lipinski definition) is 1. The molecule has 0 spiro atoms. The summed E-state index contributed by atoms with van der Waals surface area (Å²) in [6.07, 6.45) is 1.60. The average Bonchev–Trinajstić information content (AvgIpc) is 1.77. The van der Waals surface area contributed by atoms with E-state index in [1.54, 1.807) is 0 Å². The van der Waals surface area contributed by atoms with Crippen LogP contribution in [0.3, 0.4) is 0 Å². The zero-order valence-electron chi connectivity index (χ0n) is 9.97. The van der Waals surface area contributed by atoms with Crippen molar-refractivity contribution in [1.29, 1.82) is 0 Å². The Balaban J connectivity index is 4.02. The zero-order valence-corrected chi connectivity index (χ0v) is 9.97. The molecule has 0 aromatic rings. The molecule has 0 fully saturated rings. The summed E-state index contributed by atoms with van der Waals surface area (Å²) in [5.41, 5.74) is 0.739. The van der Waals surface area contributed by atoms with Crippen molar-refractivity contribution < 1.29 is 9.53 Å². The fourth-order valence-corrected chi connectivity index (χ4v) is 1.04. The summed E-state index contributed by atoms with van der Waals surface area (Å²) in [6.45, 7) is 11.4. The van der Waals surface area contributed by atoms with Gasteiger partial charge >= 0.3 is 6.09 Å². The lowest BCUT2D eigenvalue weighted by molar-refractivity contribution is 0.0518. The fraction of sp³-hybridized carbons (Fsp3) is 0.727. The second kappa shape index (κ2) is 5.03. The topological polar surface area (TPSA) is 38.3 Å². The van der Waals surface area contributed by atoms with Crippen molar-refractivity contribution in [3.05, 3.63) is 11.6 Å². The molecule has 0 unspecified atom stereocenters. The van der Waals surface area contributed by atoms with Crippen LogP contribution in [0.15, 0.2) is 11.6 Å². The number of hydrogen-bond acceptors (Lipinski definition) is 2. The Morgan fingerprint density at radius 1 is 1.36 bits per heavy atom. The normalized spacial score (nSPS) is 13.0. The second-order valence-electron chi connectivity index (χ2n) is 4.68. The van der Waals surface area contributed by atoms with Gasteiger partial charge < -0.3 is 10.1 Å². The molecule has 3 heteroatoms. The van der Waals surface area contributed by atoms with Crippen LogP contribution in [0.25, 0.3) is 0 Å². The minimum absolute atomic E-state index is 0.00912. The Kier molecular flexibility index (Phi) is 4.68. The predicted octanol–water partition coefficient (Wildman–Crippen LogP) is 2.87. The lowest BCUT2D eigenvalue weighted by Crippen LogP contribution is -2.36. The van der Waals surface area contributed by atoms with Crippen LogP contribution < -0.4 is 5.32 Å². The van der Waals surface area contributed by atoms with Crippen LogP contribution in [0.4, 0.5) is 4.79 Å². The van der Waals surface area contributed by atoms with Crippen LogP contribution >= 0.6 is 0 Å². The van der Waals surface area contributed by atoms with Crippen LogP contribution in [0.2, 0.25) is 0 Å². The van der Waals surface area contributed by atoms with Crippen molar-refractivity contribution in [2.24, 2.45) is 0 Å². The SMILES string of the molecule is CC(C)=C[C@@H](C)NC(=O)OC(C)(C)C. The third-order valence-corrected chi connectivity index (χ3v) is 1.33. The summed E-state index contributed by atoms with van der Waals surface area (Å²) < 4.78 is 5.11. The molecule has 14 heavy (non-hydrogen) atoms. The molecule has 0 heterocycles. The first-order valence-corrected chi connectivity index (χ1v) is 4.85. The molecule has 0 saturated heterocycles. The molecule has 1 atom stereocenters. The summed E-state index contributed by atoms with van der Waals surface area (Å²) in [6, 6.07) is 0.00912. The molecule has 0 aromatic heterocycles. The van der Waals surface area contributed by atoms with Crippen molar-refractivity contribution in [3.63, 3.8) is 0 Å². The smallest absolute Gasteiger partial charge is 0.408 e. The van der Waals surface area contributed by atoms with Crippen LogP contribution in [0.1, 0.15) is 41.5 Å². The quantitative estimate of drug-likeness (QED) is 0.694. The van der Waals surface area contributed by atoms with Crippen molar-refractivity contribution in [2.45, 2.75) is 53.2 Å². The number of amides is 1. The molecule has 0 aliphatic rings. The number of rotatable bonds is 2. The molecule has 1 amide bonds. The van der Waals surface area contributed by atoms with Crippen molar-refractivity contribution >= 4 is 6.09 Å². The van der Waals surface area contributed by atoms with Gasteiger partial charge in [0.1, 0.15) is 5.60 Å². The first-order valence-electron chi connectivity index (χ1n) is 4.85. The van der Waals surface area contributed by atoms with E-state index >= 15 is 0 Å². The summed E-state index contributed by atoms with van der Waals surface area (Å²) in [7, 11) is 0. The van der Waals surface area contributed by atoms with E-state index in [1.807, 2.05) is 47.6 Å². The van der Waals surface area contributed by atoms with E-state index in [9.17, 15) is 4.79 Å². The molecular formula is C11H21NO2. The van der Waals surface area contributed by atoms with E-state index < -0.39 is 5.60 Å². The summed E-state index contributed by atoms with van der Waals surface area (Å²) >= 11 is 0. The Bertz CT molecular complexity index is 222. The number of nitrogens with one attached hydrogen (secondary N) is 1. The number of carbonyl (C=O) groups is 1. The van der Waals surface area contributed by atoms with Gasteiger partial charge in [0, 0.05) is 6.04 Å². The van der Waals surface area contributed by atoms with Gasteiger partial charge in [-0.15, -0.1) is 0 Å². The monoisotopic (exact) mass is 199 g/mol. The van der Waals surface area contributed by atoms with Gasteiger partial charge in [-0.25, -0.2) is 4.79 Å². The van der Waals surface area contributed by atoms with Gasteiger partial charge in [0.15, 0.2) is 0 Å². The third-order valence-electron chi connectivity index (χ3n) is 1.33. The highest BCUT2D eigenvalue weighted by Gasteiger charge is 2.16. The van der Waals surface area contributed by atoms with Crippen LogP contribution in [-0.4, -0.2) is 17.7 Å². The van der Waals surface area contributed by atoms with Gasteiger partial charge in [-0.1, -0.05) is 11.6 Å². The van der Waals surface area contributed by atoms with Crippen LogP contribution in [-0.2, 0) is 4.74 Å². The highest BCUT2D eigenvalue weighted by Crippen LogP contribution is 2.06. The molecule has 0 saturated carbocycles. The molecule has 0 aliphatic carbocycles. The minimum Gasteiger partial charge on any atom is -0.444 e. The van der Waals surface area contributed by atoms with E-state index in [0.717, 1.165) is 0 Å². The van der Waals surface area contributed by atoms with Crippen LogP contribution in [0, 0.1) is 0 Å². The highest BCUT2D eigenvalue weighted by molar-refractivity contribution is 5.68. The highest BCUT2D eigenvalue weighted by atomic mass is 16.6. The maximum absolute atomic E-state index is 11.3. The Labute approximate surface area is 86.5 Å². The standard InChI is InChI=1S/C11H21NO2/c1-8(2)7-9(3)12-10(13)14-11(4,5)6/h7,9H,1-6H3,(H,12,13)/t9-/m1/s1. The second-order valence-corrected chi connectivity index (χ2v) is 4.68. The molecule has 0 rings (SSSR count). The molecule has 3 nitrogen and oxygen atoms in total.